The molecule has 1 saturated carbocycles. The number of nitrogens with one attached hydrogen (secondary N) is 1. The summed E-state index contributed by atoms with van der Waals surface area (Å²) in [6.45, 7) is 0. The maximum absolute atomic E-state index is 6.28. The Bertz CT molecular complexity index is 634. The normalized spacial score (nSPS) is 16.4. The van der Waals surface area contributed by atoms with E-state index in [2.05, 4.69) is 17.4 Å². The van der Waals surface area contributed by atoms with Crippen LogP contribution in [-0.2, 0) is 0 Å². The number of thiophene rings is 1. The molecule has 1 heterocycles. The smallest absolute Gasteiger partial charge is 0.0607 e. The highest BCUT2D eigenvalue weighted by atomic mass is 35.5. The first-order valence-electron chi connectivity index (χ1n) is 6.52. The molecule has 1 aromatic carbocycles. The molecule has 2 aromatic rings. The van der Waals surface area contributed by atoms with Gasteiger partial charge in [0.2, 0.25) is 0 Å². The largest absolute Gasteiger partial charge is 0.312 e. The Morgan fingerprint density at radius 3 is 2.45 bits per heavy atom. The summed E-state index contributed by atoms with van der Waals surface area (Å²) < 4.78 is 0. The minimum absolute atomic E-state index is 0.454. The quantitative estimate of drug-likeness (QED) is 0.665. The minimum atomic E-state index is 0.454. The average Bonchev–Trinajstić information content (AvgIpc) is 3.13. The highest BCUT2D eigenvalue weighted by Gasteiger charge is 2.32. The molecule has 1 unspecified atom stereocenters. The monoisotopic (exact) mass is 345 g/mol. The number of hydrogen-bond acceptors (Lipinski definition) is 2. The van der Waals surface area contributed by atoms with E-state index in [4.69, 9.17) is 34.8 Å². The van der Waals surface area contributed by atoms with Crippen molar-refractivity contribution in [2.24, 2.45) is 5.92 Å². The molecule has 3 rings (SSSR count). The van der Waals surface area contributed by atoms with E-state index in [1.165, 1.54) is 17.7 Å². The topological polar surface area (TPSA) is 12.0 Å². The summed E-state index contributed by atoms with van der Waals surface area (Å²) in [5, 5.41) is 5.07. The van der Waals surface area contributed by atoms with Crippen LogP contribution >= 0.6 is 46.1 Å². The lowest BCUT2D eigenvalue weighted by Crippen LogP contribution is -2.16. The van der Waals surface area contributed by atoms with Crippen LogP contribution in [-0.4, -0.2) is 7.05 Å². The minimum Gasteiger partial charge on any atom is -0.312 e. The summed E-state index contributed by atoms with van der Waals surface area (Å²) in [4.78, 5) is 2.48. The molecular weight excluding hydrogens is 333 g/mol. The van der Waals surface area contributed by atoms with Crippen molar-refractivity contribution in [3.63, 3.8) is 0 Å². The maximum Gasteiger partial charge on any atom is 0.0607 e. The lowest BCUT2D eigenvalue weighted by molar-refractivity contribution is 0.537. The summed E-state index contributed by atoms with van der Waals surface area (Å²) in [6, 6.07) is 8.29. The van der Waals surface area contributed by atoms with Gasteiger partial charge in [0.1, 0.15) is 0 Å². The lowest BCUT2D eigenvalue weighted by Gasteiger charge is -2.12. The molecule has 0 saturated heterocycles. The van der Waals surface area contributed by atoms with Crippen LogP contribution in [0.15, 0.2) is 24.3 Å². The third-order valence-corrected chi connectivity index (χ3v) is 5.85. The first-order chi connectivity index (χ1) is 9.60. The van der Waals surface area contributed by atoms with Crippen molar-refractivity contribution in [1.82, 2.24) is 5.32 Å². The van der Waals surface area contributed by atoms with Gasteiger partial charge in [-0.15, -0.1) is 11.3 Å². The second-order valence-corrected chi connectivity index (χ2v) is 7.39. The van der Waals surface area contributed by atoms with Crippen molar-refractivity contribution in [2.45, 2.75) is 18.9 Å². The van der Waals surface area contributed by atoms with Crippen LogP contribution in [0.5, 0.6) is 0 Å². The number of rotatable bonds is 4. The van der Waals surface area contributed by atoms with Gasteiger partial charge < -0.3 is 5.32 Å². The molecule has 1 aromatic heterocycles. The average molecular weight is 347 g/mol. The Labute approximate surface area is 137 Å². The molecule has 0 amide bonds. The Hall–Kier alpha value is -0.250. The van der Waals surface area contributed by atoms with E-state index in [0.717, 1.165) is 16.4 Å². The van der Waals surface area contributed by atoms with Crippen molar-refractivity contribution in [3.8, 4) is 10.4 Å². The van der Waals surface area contributed by atoms with Crippen molar-refractivity contribution in [3.05, 3.63) is 44.2 Å². The molecule has 1 aliphatic rings. The lowest BCUT2D eigenvalue weighted by atomic mass is 10.1. The maximum atomic E-state index is 6.28. The molecule has 1 atom stereocenters. The third-order valence-electron chi connectivity index (χ3n) is 3.61. The summed E-state index contributed by atoms with van der Waals surface area (Å²) >= 11 is 20.1. The van der Waals surface area contributed by atoms with Crippen molar-refractivity contribution in [1.29, 1.82) is 0 Å². The molecule has 106 valence electrons. The van der Waals surface area contributed by atoms with Crippen LogP contribution < -0.4 is 5.32 Å². The zero-order valence-electron chi connectivity index (χ0n) is 10.9. The van der Waals surface area contributed by atoms with E-state index in [-0.39, 0.29) is 0 Å². The molecule has 1 nitrogen and oxygen atoms in total. The molecule has 0 bridgehead atoms. The second kappa shape index (κ2) is 5.86. The summed E-state index contributed by atoms with van der Waals surface area (Å²) in [5.41, 5.74) is 0.947. The van der Waals surface area contributed by atoms with E-state index in [1.54, 1.807) is 17.4 Å². The van der Waals surface area contributed by atoms with E-state index in [0.29, 0.717) is 21.1 Å². The summed E-state index contributed by atoms with van der Waals surface area (Å²) in [5.74, 6) is 0.774. The number of benzene rings is 1. The fourth-order valence-corrected chi connectivity index (χ4v) is 4.36. The number of hydrogen-bond donors (Lipinski definition) is 1. The van der Waals surface area contributed by atoms with E-state index >= 15 is 0 Å². The van der Waals surface area contributed by atoms with Crippen molar-refractivity contribution >= 4 is 46.1 Å². The standard InChI is InChI=1S/C15H14Cl3NS/c1-19-15(8-2-3-8)14-5-4-13(20-14)9-6-11(17)12(18)7-10(9)16/h4-8,15,19H,2-3H2,1H3. The van der Waals surface area contributed by atoms with Gasteiger partial charge in [0, 0.05) is 21.4 Å². The summed E-state index contributed by atoms with van der Waals surface area (Å²) in [6.07, 6.45) is 2.62. The third kappa shape index (κ3) is 2.86. The van der Waals surface area contributed by atoms with Gasteiger partial charge >= 0.3 is 0 Å². The molecule has 20 heavy (non-hydrogen) atoms. The molecule has 1 N–H and O–H groups in total. The zero-order valence-corrected chi connectivity index (χ0v) is 14.0. The van der Waals surface area contributed by atoms with Gasteiger partial charge in [-0.05, 0) is 50.1 Å². The van der Waals surface area contributed by atoms with E-state index in [1.807, 2.05) is 13.1 Å². The fourth-order valence-electron chi connectivity index (χ4n) is 2.42. The fraction of sp³-hybridized carbons (Fsp3) is 0.333. The van der Waals surface area contributed by atoms with Crippen LogP contribution in [0.3, 0.4) is 0 Å². The Morgan fingerprint density at radius 1 is 1.10 bits per heavy atom. The molecular formula is C15H14Cl3NS. The van der Waals surface area contributed by atoms with Crippen LogP contribution in [0, 0.1) is 5.92 Å². The van der Waals surface area contributed by atoms with Crippen LogP contribution in [0.2, 0.25) is 15.1 Å². The molecule has 0 spiro atoms. The first kappa shape index (κ1) is 14.7. The van der Waals surface area contributed by atoms with Crippen LogP contribution in [0.25, 0.3) is 10.4 Å². The van der Waals surface area contributed by atoms with Crippen LogP contribution in [0.4, 0.5) is 0 Å². The van der Waals surface area contributed by atoms with E-state index in [9.17, 15) is 0 Å². The molecule has 1 aliphatic carbocycles. The highest BCUT2D eigenvalue weighted by molar-refractivity contribution is 7.15. The second-order valence-electron chi connectivity index (χ2n) is 5.05. The van der Waals surface area contributed by atoms with Gasteiger partial charge in [-0.3, -0.25) is 0 Å². The van der Waals surface area contributed by atoms with Crippen molar-refractivity contribution in [2.75, 3.05) is 7.05 Å². The molecule has 0 aliphatic heterocycles. The predicted molar refractivity (Wildman–Crippen MR) is 89.3 cm³/mol. The summed E-state index contributed by atoms with van der Waals surface area (Å²) in [7, 11) is 2.02. The Kier molecular flexibility index (Phi) is 4.30. The van der Waals surface area contributed by atoms with Crippen LogP contribution in [0.1, 0.15) is 23.8 Å². The highest BCUT2D eigenvalue weighted by Crippen LogP contribution is 2.45. The zero-order chi connectivity index (χ0) is 14.3. The molecule has 5 heteroatoms. The van der Waals surface area contributed by atoms with Gasteiger partial charge in [0.15, 0.2) is 0 Å². The van der Waals surface area contributed by atoms with Gasteiger partial charge in [0.05, 0.1) is 15.1 Å². The molecule has 0 radical (unpaired) electrons. The Balaban J connectivity index is 1.95. The van der Waals surface area contributed by atoms with Gasteiger partial charge in [0.25, 0.3) is 0 Å². The number of halogens is 3. The molecule has 1 fully saturated rings. The van der Waals surface area contributed by atoms with Gasteiger partial charge in [-0.2, -0.15) is 0 Å². The van der Waals surface area contributed by atoms with Gasteiger partial charge in [-0.25, -0.2) is 0 Å². The van der Waals surface area contributed by atoms with E-state index < -0.39 is 0 Å². The van der Waals surface area contributed by atoms with Crippen molar-refractivity contribution < 1.29 is 0 Å². The Morgan fingerprint density at radius 2 is 1.80 bits per heavy atom. The van der Waals surface area contributed by atoms with Gasteiger partial charge in [-0.1, -0.05) is 34.8 Å². The predicted octanol–water partition coefficient (Wildman–Crippen LogP) is 6.05. The SMILES string of the molecule is CNC(c1ccc(-c2cc(Cl)c(Cl)cc2Cl)s1)C1CC1. The first-order valence-corrected chi connectivity index (χ1v) is 8.47.